The minimum atomic E-state index is 0. The summed E-state index contributed by atoms with van der Waals surface area (Å²) >= 11 is 0. The van der Waals surface area contributed by atoms with Crippen LogP contribution in [-0.4, -0.2) is 5.84 Å². The van der Waals surface area contributed by atoms with E-state index in [-0.39, 0.29) is 12.4 Å². The zero-order chi connectivity index (χ0) is 12.9. The predicted octanol–water partition coefficient (Wildman–Crippen LogP) is 4.09. The minimum Gasteiger partial charge on any atom is -0.300 e. The molecule has 2 aromatic rings. The van der Waals surface area contributed by atoms with Crippen molar-refractivity contribution in [3.05, 3.63) is 60.2 Å². The Labute approximate surface area is 125 Å². The monoisotopic (exact) mass is 287 g/mol. The molecule has 3 rings (SSSR count). The van der Waals surface area contributed by atoms with Crippen molar-refractivity contribution in [2.24, 2.45) is 4.99 Å². The summed E-state index contributed by atoms with van der Waals surface area (Å²) in [6.07, 6.45) is 3.18. The average molecular weight is 288 g/mol. The molecule has 2 N–H and O–H groups in total. The number of fused-ring (bicyclic) bond motifs is 1. The van der Waals surface area contributed by atoms with Gasteiger partial charge in [0.25, 0.3) is 0 Å². The fraction of sp³-hybridized carbons (Fsp3) is 0.188. The Morgan fingerprint density at radius 2 is 1.55 bits per heavy atom. The predicted molar refractivity (Wildman–Crippen MR) is 86.9 cm³/mol. The molecular formula is C16H18ClN3. The van der Waals surface area contributed by atoms with Gasteiger partial charge in [0.1, 0.15) is 5.84 Å². The van der Waals surface area contributed by atoms with Crippen molar-refractivity contribution >= 4 is 29.6 Å². The van der Waals surface area contributed by atoms with E-state index in [4.69, 9.17) is 4.99 Å². The quantitative estimate of drug-likeness (QED) is 0.816. The molecule has 0 atom stereocenters. The Morgan fingerprint density at radius 3 is 2.40 bits per heavy atom. The van der Waals surface area contributed by atoms with E-state index in [1.807, 2.05) is 36.4 Å². The number of para-hydroxylation sites is 2. The van der Waals surface area contributed by atoms with Crippen LogP contribution in [0.2, 0.25) is 0 Å². The second-order valence-electron chi connectivity index (χ2n) is 4.66. The molecule has 1 aliphatic heterocycles. The molecule has 0 saturated carbocycles. The van der Waals surface area contributed by atoms with Crippen LogP contribution >= 0.6 is 12.4 Å². The van der Waals surface area contributed by atoms with Gasteiger partial charge in [0.05, 0.1) is 11.4 Å². The molecule has 20 heavy (non-hydrogen) atoms. The lowest BCUT2D eigenvalue weighted by Crippen LogP contribution is -2.28. The molecule has 1 heterocycles. The summed E-state index contributed by atoms with van der Waals surface area (Å²) in [5.41, 5.74) is 9.87. The fourth-order valence-corrected chi connectivity index (χ4v) is 2.24. The van der Waals surface area contributed by atoms with Gasteiger partial charge in [0.2, 0.25) is 0 Å². The van der Waals surface area contributed by atoms with Crippen LogP contribution < -0.4 is 10.9 Å². The van der Waals surface area contributed by atoms with Crippen molar-refractivity contribution in [3.8, 4) is 0 Å². The Kier molecular flexibility index (Phi) is 5.02. The average Bonchev–Trinajstić information content (AvgIpc) is 2.68. The maximum absolute atomic E-state index is 4.70. The van der Waals surface area contributed by atoms with E-state index in [1.54, 1.807) is 0 Å². The van der Waals surface area contributed by atoms with E-state index in [0.29, 0.717) is 0 Å². The lowest BCUT2D eigenvalue weighted by Gasteiger charge is -2.10. The van der Waals surface area contributed by atoms with Crippen LogP contribution in [0.4, 0.5) is 11.4 Å². The number of hydrazine groups is 1. The number of hydrogen-bond donors (Lipinski definition) is 2. The van der Waals surface area contributed by atoms with Crippen molar-refractivity contribution in [2.45, 2.75) is 19.3 Å². The number of aryl methyl sites for hydroxylation is 1. The number of rotatable bonds is 2. The summed E-state index contributed by atoms with van der Waals surface area (Å²) in [6, 6.07) is 18.4. The molecule has 0 fully saturated rings. The second-order valence-corrected chi connectivity index (χ2v) is 4.66. The molecule has 4 heteroatoms. The summed E-state index contributed by atoms with van der Waals surface area (Å²) in [5.74, 6) is 0.994. The first-order valence-electron chi connectivity index (χ1n) is 6.64. The van der Waals surface area contributed by atoms with Gasteiger partial charge in [-0.2, -0.15) is 0 Å². The maximum atomic E-state index is 4.70. The minimum absolute atomic E-state index is 0. The van der Waals surface area contributed by atoms with Crippen LogP contribution in [-0.2, 0) is 6.42 Å². The lowest BCUT2D eigenvalue weighted by molar-refractivity contribution is 0.858. The Balaban J connectivity index is 0.00000147. The van der Waals surface area contributed by atoms with Crippen molar-refractivity contribution < 1.29 is 0 Å². The van der Waals surface area contributed by atoms with Gasteiger partial charge in [-0.05, 0) is 36.6 Å². The first kappa shape index (κ1) is 14.4. The summed E-state index contributed by atoms with van der Waals surface area (Å²) in [4.78, 5) is 4.70. The molecule has 0 amide bonds. The van der Waals surface area contributed by atoms with Crippen LogP contribution in [0.5, 0.6) is 0 Å². The fourth-order valence-electron chi connectivity index (χ4n) is 2.24. The van der Waals surface area contributed by atoms with Crippen LogP contribution in [0, 0.1) is 0 Å². The standard InChI is InChI=1S/C16H17N3.ClH/c1-2-9-14(10-3-1)18-19-16-12-6-8-13-7-4-5-11-15(13)17-16;/h1-5,7,9-11,18H,6,8,12H2,(H,17,19);1H. The van der Waals surface area contributed by atoms with Gasteiger partial charge < -0.3 is 0 Å². The van der Waals surface area contributed by atoms with Crippen molar-refractivity contribution in [3.63, 3.8) is 0 Å². The van der Waals surface area contributed by atoms with Gasteiger partial charge in [-0.1, -0.05) is 36.4 Å². The number of amidine groups is 1. The number of anilines is 1. The third kappa shape index (κ3) is 3.52. The van der Waals surface area contributed by atoms with Gasteiger partial charge in [-0.15, -0.1) is 12.4 Å². The van der Waals surface area contributed by atoms with Gasteiger partial charge in [-0.3, -0.25) is 10.9 Å². The van der Waals surface area contributed by atoms with Crippen LogP contribution in [0.3, 0.4) is 0 Å². The summed E-state index contributed by atoms with van der Waals surface area (Å²) in [6.45, 7) is 0. The second kappa shape index (κ2) is 6.96. The normalized spacial score (nSPS) is 13.3. The number of hydrogen-bond acceptors (Lipinski definition) is 3. The highest BCUT2D eigenvalue weighted by atomic mass is 35.5. The molecule has 3 nitrogen and oxygen atoms in total. The maximum Gasteiger partial charge on any atom is 0.121 e. The molecular weight excluding hydrogens is 270 g/mol. The largest absolute Gasteiger partial charge is 0.300 e. The molecule has 0 unspecified atom stereocenters. The molecule has 104 valence electrons. The zero-order valence-corrected chi connectivity index (χ0v) is 12.0. The van der Waals surface area contributed by atoms with Crippen molar-refractivity contribution in [2.75, 3.05) is 5.43 Å². The molecule has 0 saturated heterocycles. The molecule has 0 bridgehead atoms. The first-order valence-corrected chi connectivity index (χ1v) is 6.64. The molecule has 2 aromatic carbocycles. The van der Waals surface area contributed by atoms with E-state index in [9.17, 15) is 0 Å². The smallest absolute Gasteiger partial charge is 0.121 e. The topological polar surface area (TPSA) is 36.4 Å². The molecule has 0 spiro atoms. The van der Waals surface area contributed by atoms with Crippen molar-refractivity contribution in [1.29, 1.82) is 0 Å². The number of benzene rings is 2. The molecule has 0 aromatic heterocycles. The lowest BCUT2D eigenvalue weighted by atomic mass is 10.1. The summed E-state index contributed by atoms with van der Waals surface area (Å²) in [5, 5.41) is 0. The number of halogens is 1. The Hall–Kier alpha value is -2.00. The summed E-state index contributed by atoms with van der Waals surface area (Å²) < 4.78 is 0. The van der Waals surface area contributed by atoms with E-state index < -0.39 is 0 Å². The van der Waals surface area contributed by atoms with E-state index in [1.165, 1.54) is 5.56 Å². The van der Waals surface area contributed by atoms with E-state index in [2.05, 4.69) is 29.1 Å². The summed E-state index contributed by atoms with van der Waals surface area (Å²) in [7, 11) is 0. The molecule has 1 aliphatic rings. The third-order valence-electron chi connectivity index (χ3n) is 3.23. The molecule has 0 radical (unpaired) electrons. The highest BCUT2D eigenvalue weighted by Gasteiger charge is 2.09. The van der Waals surface area contributed by atoms with Crippen molar-refractivity contribution in [1.82, 2.24) is 5.43 Å². The van der Waals surface area contributed by atoms with Gasteiger partial charge in [0.15, 0.2) is 0 Å². The van der Waals surface area contributed by atoms with E-state index >= 15 is 0 Å². The van der Waals surface area contributed by atoms with Gasteiger partial charge >= 0.3 is 0 Å². The first-order chi connectivity index (χ1) is 9.42. The Morgan fingerprint density at radius 1 is 0.800 bits per heavy atom. The zero-order valence-electron chi connectivity index (χ0n) is 11.2. The number of nitrogens with zero attached hydrogens (tertiary/aromatic N) is 1. The van der Waals surface area contributed by atoms with Crippen LogP contribution in [0.1, 0.15) is 18.4 Å². The SMILES string of the molecule is Cl.c1ccc(NNC2=Nc3ccccc3CCC2)cc1. The van der Waals surface area contributed by atoms with Crippen LogP contribution in [0.25, 0.3) is 0 Å². The van der Waals surface area contributed by atoms with Crippen LogP contribution in [0.15, 0.2) is 59.6 Å². The highest BCUT2D eigenvalue weighted by Crippen LogP contribution is 2.24. The number of nitrogens with one attached hydrogen (secondary N) is 2. The van der Waals surface area contributed by atoms with Gasteiger partial charge in [0, 0.05) is 6.42 Å². The number of aliphatic imine (C=N–C) groups is 1. The Bertz CT molecular complexity index is 581. The highest BCUT2D eigenvalue weighted by molar-refractivity contribution is 5.86. The van der Waals surface area contributed by atoms with Gasteiger partial charge in [-0.25, -0.2) is 4.99 Å². The van der Waals surface area contributed by atoms with E-state index in [0.717, 1.165) is 36.5 Å². The molecule has 0 aliphatic carbocycles. The third-order valence-corrected chi connectivity index (χ3v) is 3.23.